The summed E-state index contributed by atoms with van der Waals surface area (Å²) in [6.45, 7) is 1.66. The van der Waals surface area contributed by atoms with Gasteiger partial charge in [-0.3, -0.25) is 0 Å². The molecular formula is C9H12ClN3O. The van der Waals surface area contributed by atoms with Gasteiger partial charge in [0.1, 0.15) is 17.3 Å². The molecule has 0 aromatic carbocycles. The molecule has 76 valence electrons. The predicted molar refractivity (Wildman–Crippen MR) is 54.5 cm³/mol. The maximum atomic E-state index is 5.72. The van der Waals surface area contributed by atoms with Gasteiger partial charge >= 0.3 is 0 Å². The van der Waals surface area contributed by atoms with Crippen LogP contribution >= 0.6 is 11.6 Å². The van der Waals surface area contributed by atoms with Crippen LogP contribution in [0.4, 0.5) is 5.82 Å². The van der Waals surface area contributed by atoms with Crippen molar-refractivity contribution in [1.82, 2.24) is 9.97 Å². The Kier molecular flexibility index (Phi) is 3.16. The number of anilines is 1. The van der Waals surface area contributed by atoms with Crippen molar-refractivity contribution in [2.45, 2.75) is 18.9 Å². The molecular weight excluding hydrogens is 202 g/mol. The van der Waals surface area contributed by atoms with Gasteiger partial charge in [-0.1, -0.05) is 11.6 Å². The Hall–Kier alpha value is -0.870. The van der Waals surface area contributed by atoms with E-state index in [1.165, 1.54) is 6.33 Å². The fraction of sp³-hybridized carbons (Fsp3) is 0.556. The van der Waals surface area contributed by atoms with Crippen LogP contribution in [0.15, 0.2) is 12.4 Å². The van der Waals surface area contributed by atoms with E-state index in [0.29, 0.717) is 11.3 Å². The van der Waals surface area contributed by atoms with E-state index in [4.69, 9.17) is 16.3 Å². The summed E-state index contributed by atoms with van der Waals surface area (Å²) in [4.78, 5) is 7.84. The van der Waals surface area contributed by atoms with Gasteiger partial charge in [0.25, 0.3) is 0 Å². The summed E-state index contributed by atoms with van der Waals surface area (Å²) in [5.41, 5.74) is 0. The van der Waals surface area contributed by atoms with Crippen LogP contribution in [0.1, 0.15) is 12.8 Å². The van der Waals surface area contributed by atoms with Crippen LogP contribution in [0.3, 0.4) is 0 Å². The summed E-state index contributed by atoms with van der Waals surface area (Å²) in [5.74, 6) is 0.750. The maximum absolute atomic E-state index is 5.72. The van der Waals surface area contributed by atoms with Crippen LogP contribution in [-0.4, -0.2) is 29.2 Å². The lowest BCUT2D eigenvalue weighted by atomic mass is 10.2. The molecule has 2 heterocycles. The highest BCUT2D eigenvalue weighted by molar-refractivity contribution is 6.29. The standard InChI is InChI=1S/C9H12ClN3O/c10-8-4-9(13-6-12-8)11-5-7-2-1-3-14-7/h4,6-7H,1-3,5H2,(H,11,12,13)/t7-/m0/s1. The smallest absolute Gasteiger partial charge is 0.134 e. The van der Waals surface area contributed by atoms with Gasteiger partial charge in [-0.15, -0.1) is 0 Å². The second-order valence-electron chi connectivity index (χ2n) is 3.24. The number of aromatic nitrogens is 2. The molecule has 4 nitrogen and oxygen atoms in total. The van der Waals surface area contributed by atoms with E-state index in [9.17, 15) is 0 Å². The molecule has 0 unspecified atom stereocenters. The van der Waals surface area contributed by atoms with Gasteiger partial charge in [-0.25, -0.2) is 9.97 Å². The highest BCUT2D eigenvalue weighted by atomic mass is 35.5. The zero-order valence-corrected chi connectivity index (χ0v) is 8.50. The Labute approximate surface area is 87.7 Å². The summed E-state index contributed by atoms with van der Waals surface area (Å²) in [6, 6.07) is 1.70. The molecule has 0 bridgehead atoms. The Morgan fingerprint density at radius 3 is 3.21 bits per heavy atom. The molecule has 0 radical (unpaired) electrons. The average Bonchev–Trinajstić information content (AvgIpc) is 2.67. The molecule has 0 spiro atoms. The largest absolute Gasteiger partial charge is 0.376 e. The van der Waals surface area contributed by atoms with Crippen molar-refractivity contribution in [3.8, 4) is 0 Å². The monoisotopic (exact) mass is 213 g/mol. The van der Waals surface area contributed by atoms with Crippen molar-refractivity contribution in [1.29, 1.82) is 0 Å². The molecule has 1 aliphatic rings. The van der Waals surface area contributed by atoms with Crippen molar-refractivity contribution in [3.05, 3.63) is 17.5 Å². The van der Waals surface area contributed by atoms with E-state index in [1.807, 2.05) is 0 Å². The van der Waals surface area contributed by atoms with Crippen molar-refractivity contribution in [2.75, 3.05) is 18.5 Å². The van der Waals surface area contributed by atoms with Crippen LogP contribution in [0.25, 0.3) is 0 Å². The summed E-state index contributed by atoms with van der Waals surface area (Å²) >= 11 is 5.72. The number of hydrogen-bond donors (Lipinski definition) is 1. The highest BCUT2D eigenvalue weighted by Crippen LogP contribution is 2.13. The van der Waals surface area contributed by atoms with Crippen molar-refractivity contribution in [3.63, 3.8) is 0 Å². The maximum Gasteiger partial charge on any atom is 0.134 e. The molecule has 5 heteroatoms. The van der Waals surface area contributed by atoms with Gasteiger partial charge in [0, 0.05) is 19.2 Å². The summed E-state index contributed by atoms with van der Waals surface area (Å²) in [6.07, 6.45) is 4.02. The first kappa shape index (κ1) is 9.68. The van der Waals surface area contributed by atoms with E-state index in [2.05, 4.69) is 15.3 Å². The van der Waals surface area contributed by atoms with E-state index >= 15 is 0 Å². The van der Waals surface area contributed by atoms with E-state index in [1.54, 1.807) is 6.07 Å². The fourth-order valence-corrected chi connectivity index (χ4v) is 1.60. The molecule has 0 saturated carbocycles. The Morgan fingerprint density at radius 2 is 2.50 bits per heavy atom. The minimum absolute atomic E-state index is 0.309. The van der Waals surface area contributed by atoms with Crippen LogP contribution in [0.2, 0.25) is 5.15 Å². The molecule has 1 fully saturated rings. The first-order valence-corrected chi connectivity index (χ1v) is 5.05. The van der Waals surface area contributed by atoms with Crippen molar-refractivity contribution >= 4 is 17.4 Å². The number of nitrogens with one attached hydrogen (secondary N) is 1. The van der Waals surface area contributed by atoms with E-state index in [0.717, 1.165) is 31.8 Å². The van der Waals surface area contributed by atoms with Crippen LogP contribution in [0.5, 0.6) is 0 Å². The number of ether oxygens (including phenoxy) is 1. The predicted octanol–water partition coefficient (Wildman–Crippen LogP) is 1.72. The van der Waals surface area contributed by atoms with Crippen LogP contribution in [-0.2, 0) is 4.74 Å². The lowest BCUT2D eigenvalue weighted by molar-refractivity contribution is 0.120. The Morgan fingerprint density at radius 1 is 1.57 bits per heavy atom. The quantitative estimate of drug-likeness (QED) is 0.777. The molecule has 1 aromatic heterocycles. The molecule has 1 N–H and O–H groups in total. The Balaban J connectivity index is 1.85. The summed E-state index contributed by atoms with van der Waals surface area (Å²) in [5, 5.41) is 3.62. The normalized spacial score (nSPS) is 21.1. The lowest BCUT2D eigenvalue weighted by Crippen LogP contribution is -2.18. The molecule has 0 aliphatic carbocycles. The van der Waals surface area contributed by atoms with Crippen LogP contribution < -0.4 is 5.32 Å². The highest BCUT2D eigenvalue weighted by Gasteiger charge is 2.14. The number of halogens is 1. The third-order valence-corrected chi connectivity index (χ3v) is 2.38. The SMILES string of the molecule is Clc1cc(NC[C@@H]2CCCO2)ncn1. The summed E-state index contributed by atoms with van der Waals surface area (Å²) in [7, 11) is 0. The molecule has 1 aromatic rings. The first-order valence-electron chi connectivity index (χ1n) is 4.67. The van der Waals surface area contributed by atoms with Gasteiger partial charge in [0.2, 0.25) is 0 Å². The number of rotatable bonds is 3. The van der Waals surface area contributed by atoms with Gasteiger partial charge in [-0.2, -0.15) is 0 Å². The molecule has 1 saturated heterocycles. The third-order valence-electron chi connectivity index (χ3n) is 2.17. The number of nitrogens with zero attached hydrogens (tertiary/aromatic N) is 2. The van der Waals surface area contributed by atoms with E-state index < -0.39 is 0 Å². The van der Waals surface area contributed by atoms with Crippen molar-refractivity contribution < 1.29 is 4.74 Å². The molecule has 0 amide bonds. The molecule has 1 atom stereocenters. The fourth-order valence-electron chi connectivity index (χ4n) is 1.45. The topological polar surface area (TPSA) is 47.0 Å². The molecule has 14 heavy (non-hydrogen) atoms. The van der Waals surface area contributed by atoms with Gasteiger partial charge < -0.3 is 10.1 Å². The van der Waals surface area contributed by atoms with Crippen molar-refractivity contribution in [2.24, 2.45) is 0 Å². The zero-order chi connectivity index (χ0) is 9.80. The summed E-state index contributed by atoms with van der Waals surface area (Å²) < 4.78 is 5.47. The third kappa shape index (κ3) is 2.56. The molecule has 1 aliphatic heterocycles. The van der Waals surface area contributed by atoms with Crippen LogP contribution in [0, 0.1) is 0 Å². The molecule has 2 rings (SSSR count). The van der Waals surface area contributed by atoms with Gasteiger partial charge in [0.05, 0.1) is 6.10 Å². The second-order valence-corrected chi connectivity index (χ2v) is 3.63. The number of hydrogen-bond acceptors (Lipinski definition) is 4. The van der Waals surface area contributed by atoms with E-state index in [-0.39, 0.29) is 0 Å². The lowest BCUT2D eigenvalue weighted by Gasteiger charge is -2.10. The minimum atomic E-state index is 0.309. The second kappa shape index (κ2) is 4.57. The minimum Gasteiger partial charge on any atom is -0.376 e. The Bertz CT molecular complexity index is 302. The first-order chi connectivity index (χ1) is 6.84. The zero-order valence-electron chi connectivity index (χ0n) is 7.74. The average molecular weight is 214 g/mol. The van der Waals surface area contributed by atoms with Gasteiger partial charge in [-0.05, 0) is 12.8 Å². The van der Waals surface area contributed by atoms with Gasteiger partial charge in [0.15, 0.2) is 0 Å².